The van der Waals surface area contributed by atoms with Crippen LogP contribution in [0.2, 0.25) is 0 Å². The summed E-state index contributed by atoms with van der Waals surface area (Å²) in [5.41, 5.74) is -0.324. The van der Waals surface area contributed by atoms with E-state index in [1.54, 1.807) is 0 Å². The fraction of sp³-hybridized carbons (Fsp3) is 1.00. The van der Waals surface area contributed by atoms with Crippen LogP contribution in [-0.2, 0) is 14.8 Å². The standard InChI is InChI=1S/C16H32N2O3S/c1-4-9-18-10-11-21-16(13-18)8-6-5-7-15(16)17-22(19,20)12-14(2)3/h14-15,17H,4-13H2,1-3H3/t15-,16-/m0/s1. The van der Waals surface area contributed by atoms with Crippen LogP contribution in [0, 0.1) is 5.92 Å². The zero-order chi connectivity index (χ0) is 16.2. The lowest BCUT2D eigenvalue weighted by Gasteiger charge is -2.49. The van der Waals surface area contributed by atoms with Crippen LogP contribution in [0.25, 0.3) is 0 Å². The molecule has 1 spiro atoms. The highest BCUT2D eigenvalue weighted by atomic mass is 32.2. The van der Waals surface area contributed by atoms with Gasteiger partial charge < -0.3 is 4.74 Å². The van der Waals surface area contributed by atoms with E-state index >= 15 is 0 Å². The van der Waals surface area contributed by atoms with Gasteiger partial charge in [-0.05, 0) is 31.7 Å². The highest BCUT2D eigenvalue weighted by Crippen LogP contribution is 2.35. The molecule has 1 heterocycles. The van der Waals surface area contributed by atoms with Crippen LogP contribution in [0.4, 0.5) is 0 Å². The Labute approximate surface area is 135 Å². The molecule has 2 rings (SSSR count). The first-order valence-corrected chi connectivity index (χ1v) is 10.4. The third-order valence-electron chi connectivity index (χ3n) is 4.68. The predicted molar refractivity (Wildman–Crippen MR) is 89.4 cm³/mol. The summed E-state index contributed by atoms with van der Waals surface area (Å²) in [6, 6.07) is -0.0790. The Morgan fingerprint density at radius 2 is 2.14 bits per heavy atom. The summed E-state index contributed by atoms with van der Waals surface area (Å²) in [5, 5.41) is 0. The van der Waals surface area contributed by atoms with Crippen molar-refractivity contribution in [2.45, 2.75) is 64.5 Å². The Kier molecular flexibility index (Phi) is 6.28. The number of nitrogens with zero attached hydrogens (tertiary/aromatic N) is 1. The number of ether oxygens (including phenoxy) is 1. The van der Waals surface area contributed by atoms with E-state index in [-0.39, 0.29) is 23.3 Å². The molecule has 2 atom stereocenters. The largest absolute Gasteiger partial charge is 0.371 e. The average molecular weight is 333 g/mol. The van der Waals surface area contributed by atoms with Gasteiger partial charge in [0.05, 0.1) is 24.0 Å². The summed E-state index contributed by atoms with van der Waals surface area (Å²) in [4.78, 5) is 2.43. The van der Waals surface area contributed by atoms with E-state index in [1.807, 2.05) is 13.8 Å². The second-order valence-corrected chi connectivity index (χ2v) is 9.08. The second-order valence-electron chi connectivity index (χ2n) is 7.28. The zero-order valence-corrected chi connectivity index (χ0v) is 15.1. The number of hydrogen-bond donors (Lipinski definition) is 1. The van der Waals surface area contributed by atoms with Gasteiger partial charge in [0, 0.05) is 13.1 Å². The van der Waals surface area contributed by atoms with Crippen molar-refractivity contribution in [2.24, 2.45) is 5.92 Å². The predicted octanol–water partition coefficient (Wildman–Crippen LogP) is 1.99. The minimum absolute atomic E-state index is 0.0790. The third kappa shape index (κ3) is 4.66. The molecule has 0 aromatic heterocycles. The van der Waals surface area contributed by atoms with Gasteiger partial charge in [0.25, 0.3) is 0 Å². The molecule has 2 fully saturated rings. The molecule has 6 heteroatoms. The lowest BCUT2D eigenvalue weighted by molar-refractivity contribution is -0.139. The van der Waals surface area contributed by atoms with Gasteiger partial charge in [0.1, 0.15) is 0 Å². The minimum Gasteiger partial charge on any atom is -0.371 e. The Balaban J connectivity index is 2.10. The van der Waals surface area contributed by atoms with Crippen molar-refractivity contribution in [3.05, 3.63) is 0 Å². The van der Waals surface area contributed by atoms with E-state index in [0.29, 0.717) is 6.61 Å². The Morgan fingerprint density at radius 1 is 1.36 bits per heavy atom. The summed E-state index contributed by atoms with van der Waals surface area (Å²) >= 11 is 0. The Bertz CT molecular complexity index is 446. The minimum atomic E-state index is -3.23. The van der Waals surface area contributed by atoms with Crippen LogP contribution in [0.1, 0.15) is 52.9 Å². The van der Waals surface area contributed by atoms with Crippen LogP contribution in [0.3, 0.4) is 0 Å². The molecule has 1 N–H and O–H groups in total. The maximum Gasteiger partial charge on any atom is 0.212 e. The number of hydrogen-bond acceptors (Lipinski definition) is 4. The van der Waals surface area contributed by atoms with E-state index in [0.717, 1.165) is 51.7 Å². The van der Waals surface area contributed by atoms with Crippen molar-refractivity contribution in [1.29, 1.82) is 0 Å². The summed E-state index contributed by atoms with van der Waals surface area (Å²) < 4.78 is 33.9. The quantitative estimate of drug-likeness (QED) is 0.808. The lowest BCUT2D eigenvalue weighted by Crippen LogP contribution is -2.64. The molecule has 0 aromatic carbocycles. The number of rotatable bonds is 6. The van der Waals surface area contributed by atoms with Crippen LogP contribution in [-0.4, -0.2) is 57.0 Å². The highest BCUT2D eigenvalue weighted by molar-refractivity contribution is 7.89. The molecule has 1 aliphatic heterocycles. The molecule has 5 nitrogen and oxygen atoms in total. The van der Waals surface area contributed by atoms with E-state index < -0.39 is 10.0 Å². The van der Waals surface area contributed by atoms with Crippen molar-refractivity contribution in [1.82, 2.24) is 9.62 Å². The van der Waals surface area contributed by atoms with E-state index in [1.165, 1.54) is 0 Å². The SMILES string of the molecule is CCCN1CCO[C@@]2(CCCC[C@@H]2NS(=O)(=O)CC(C)C)C1. The Morgan fingerprint density at radius 3 is 2.82 bits per heavy atom. The number of sulfonamides is 1. The summed E-state index contributed by atoms with van der Waals surface area (Å²) in [6.07, 6.45) is 5.18. The van der Waals surface area contributed by atoms with Gasteiger partial charge in [0.2, 0.25) is 10.0 Å². The van der Waals surface area contributed by atoms with Crippen molar-refractivity contribution in [3.63, 3.8) is 0 Å². The molecule has 1 saturated carbocycles. The van der Waals surface area contributed by atoms with Gasteiger partial charge in [-0.1, -0.05) is 33.6 Å². The van der Waals surface area contributed by atoms with Gasteiger partial charge in [0.15, 0.2) is 0 Å². The molecule has 22 heavy (non-hydrogen) atoms. The molecular formula is C16H32N2O3S. The summed E-state index contributed by atoms with van der Waals surface area (Å²) in [6.45, 7) is 9.66. The first-order chi connectivity index (χ1) is 10.4. The highest BCUT2D eigenvalue weighted by Gasteiger charge is 2.46. The van der Waals surface area contributed by atoms with Crippen molar-refractivity contribution in [2.75, 3.05) is 32.0 Å². The molecule has 0 amide bonds. The van der Waals surface area contributed by atoms with Crippen LogP contribution in [0.5, 0.6) is 0 Å². The Hall–Kier alpha value is -0.170. The normalized spacial score (nSPS) is 31.0. The fourth-order valence-electron chi connectivity index (χ4n) is 3.83. The molecular weight excluding hydrogens is 300 g/mol. The topological polar surface area (TPSA) is 58.6 Å². The fourth-order valence-corrected chi connectivity index (χ4v) is 5.57. The third-order valence-corrected chi connectivity index (χ3v) is 6.43. The van der Waals surface area contributed by atoms with Crippen LogP contribution in [0.15, 0.2) is 0 Å². The molecule has 2 aliphatic rings. The zero-order valence-electron chi connectivity index (χ0n) is 14.3. The monoisotopic (exact) mass is 332 g/mol. The van der Waals surface area contributed by atoms with Gasteiger partial charge in [-0.15, -0.1) is 0 Å². The number of nitrogens with one attached hydrogen (secondary N) is 1. The maximum absolute atomic E-state index is 12.4. The first-order valence-electron chi connectivity index (χ1n) is 8.73. The van der Waals surface area contributed by atoms with Crippen LogP contribution >= 0.6 is 0 Å². The van der Waals surface area contributed by atoms with Gasteiger partial charge in [-0.25, -0.2) is 13.1 Å². The summed E-state index contributed by atoms with van der Waals surface area (Å²) in [5.74, 6) is 0.332. The van der Waals surface area contributed by atoms with Crippen molar-refractivity contribution in [3.8, 4) is 0 Å². The molecule has 0 unspecified atom stereocenters. The van der Waals surface area contributed by atoms with E-state index in [9.17, 15) is 8.42 Å². The van der Waals surface area contributed by atoms with Gasteiger partial charge >= 0.3 is 0 Å². The van der Waals surface area contributed by atoms with Crippen molar-refractivity contribution < 1.29 is 13.2 Å². The first kappa shape index (κ1) is 18.2. The van der Waals surface area contributed by atoms with Gasteiger partial charge in [-0.3, -0.25) is 4.90 Å². The smallest absolute Gasteiger partial charge is 0.212 e. The van der Waals surface area contributed by atoms with E-state index in [2.05, 4.69) is 16.5 Å². The molecule has 0 bridgehead atoms. The van der Waals surface area contributed by atoms with Crippen molar-refractivity contribution >= 4 is 10.0 Å². The number of morpholine rings is 1. The molecule has 0 radical (unpaired) electrons. The molecule has 0 aromatic rings. The maximum atomic E-state index is 12.4. The second kappa shape index (κ2) is 7.60. The van der Waals surface area contributed by atoms with Gasteiger partial charge in [-0.2, -0.15) is 0 Å². The lowest BCUT2D eigenvalue weighted by atomic mass is 9.79. The van der Waals surface area contributed by atoms with E-state index in [4.69, 9.17) is 4.74 Å². The van der Waals surface area contributed by atoms with Crippen LogP contribution < -0.4 is 4.72 Å². The molecule has 130 valence electrons. The molecule has 1 aliphatic carbocycles. The average Bonchev–Trinajstić information content (AvgIpc) is 2.41. The summed E-state index contributed by atoms with van der Waals surface area (Å²) in [7, 11) is -3.23. The molecule has 1 saturated heterocycles.